The lowest BCUT2D eigenvalue weighted by molar-refractivity contribution is 0.115. The Bertz CT molecular complexity index is 472. The molecular weight excluding hydrogens is 401 g/mol. The number of ether oxygens (including phenoxy) is 1. The quantitative estimate of drug-likeness (QED) is 0.297. The summed E-state index contributed by atoms with van der Waals surface area (Å²) in [4.78, 5) is 6.86. The van der Waals surface area contributed by atoms with Gasteiger partial charge in [0, 0.05) is 26.7 Å². The van der Waals surface area contributed by atoms with Crippen LogP contribution in [0.1, 0.15) is 30.9 Å². The Labute approximate surface area is 157 Å². The van der Waals surface area contributed by atoms with E-state index in [0.29, 0.717) is 6.54 Å². The standard InChI is InChI=1S/C18H29N3O.HI/c1-4-19-18(20-13-16-7-5-15(2)6-8-16)21(3)11-12-22-14-17-9-10-17;/h5-8,17H,4,9-14H2,1-3H3,(H,19,20);1H. The van der Waals surface area contributed by atoms with Crippen LogP contribution in [-0.4, -0.2) is 44.2 Å². The average molecular weight is 431 g/mol. The molecule has 0 aliphatic heterocycles. The van der Waals surface area contributed by atoms with Crippen LogP contribution in [0.2, 0.25) is 0 Å². The molecule has 0 radical (unpaired) electrons. The first kappa shape index (κ1) is 20.2. The summed E-state index contributed by atoms with van der Waals surface area (Å²) in [7, 11) is 2.07. The molecule has 0 unspecified atom stereocenters. The summed E-state index contributed by atoms with van der Waals surface area (Å²) in [6.45, 7) is 8.33. The third-order valence-electron chi connectivity index (χ3n) is 3.85. The van der Waals surface area contributed by atoms with Gasteiger partial charge in [-0.25, -0.2) is 4.99 Å². The van der Waals surface area contributed by atoms with Crippen molar-refractivity contribution in [2.75, 3.05) is 33.4 Å². The lowest BCUT2D eigenvalue weighted by Crippen LogP contribution is -2.40. The number of nitrogens with zero attached hydrogens (tertiary/aromatic N) is 2. The van der Waals surface area contributed by atoms with Crippen LogP contribution in [0.5, 0.6) is 0 Å². The van der Waals surface area contributed by atoms with Gasteiger partial charge >= 0.3 is 0 Å². The van der Waals surface area contributed by atoms with E-state index in [9.17, 15) is 0 Å². The van der Waals surface area contributed by atoms with E-state index < -0.39 is 0 Å². The van der Waals surface area contributed by atoms with Crippen LogP contribution in [0.15, 0.2) is 29.3 Å². The number of guanidine groups is 1. The second-order valence-corrected chi connectivity index (χ2v) is 6.10. The Morgan fingerprint density at radius 3 is 2.61 bits per heavy atom. The number of benzene rings is 1. The number of aryl methyl sites for hydroxylation is 1. The minimum Gasteiger partial charge on any atom is -0.379 e. The Morgan fingerprint density at radius 1 is 1.30 bits per heavy atom. The predicted octanol–water partition coefficient (Wildman–Crippen LogP) is 3.44. The molecule has 1 N–H and O–H groups in total. The van der Waals surface area contributed by atoms with E-state index in [-0.39, 0.29) is 24.0 Å². The molecular formula is C18H30IN3O. The third kappa shape index (κ3) is 8.01. The van der Waals surface area contributed by atoms with Crippen LogP contribution >= 0.6 is 24.0 Å². The molecule has 0 saturated heterocycles. The van der Waals surface area contributed by atoms with Gasteiger partial charge < -0.3 is 15.0 Å². The number of aliphatic imine (C=N–C) groups is 1. The van der Waals surface area contributed by atoms with E-state index in [0.717, 1.165) is 38.2 Å². The summed E-state index contributed by atoms with van der Waals surface area (Å²) < 4.78 is 5.71. The van der Waals surface area contributed by atoms with Gasteiger partial charge in [-0.2, -0.15) is 0 Å². The van der Waals surface area contributed by atoms with Gasteiger partial charge in [0.05, 0.1) is 13.2 Å². The Kier molecular flexibility index (Phi) is 9.55. The molecule has 4 nitrogen and oxygen atoms in total. The van der Waals surface area contributed by atoms with Gasteiger partial charge in [0.1, 0.15) is 0 Å². The molecule has 0 bridgehead atoms. The Hall–Kier alpha value is -0.820. The molecule has 130 valence electrons. The molecule has 23 heavy (non-hydrogen) atoms. The first-order chi connectivity index (χ1) is 10.7. The molecule has 0 atom stereocenters. The van der Waals surface area contributed by atoms with Gasteiger partial charge in [-0.1, -0.05) is 29.8 Å². The van der Waals surface area contributed by atoms with E-state index in [1.807, 2.05) is 0 Å². The van der Waals surface area contributed by atoms with E-state index in [4.69, 9.17) is 9.73 Å². The summed E-state index contributed by atoms with van der Waals surface area (Å²) in [5.41, 5.74) is 2.52. The topological polar surface area (TPSA) is 36.9 Å². The first-order valence-electron chi connectivity index (χ1n) is 8.31. The van der Waals surface area contributed by atoms with Crippen LogP contribution in [0.4, 0.5) is 0 Å². The van der Waals surface area contributed by atoms with Crippen LogP contribution in [0, 0.1) is 12.8 Å². The maximum absolute atomic E-state index is 5.71. The Balaban J connectivity index is 0.00000264. The fraction of sp³-hybridized carbons (Fsp3) is 0.611. The number of nitrogens with one attached hydrogen (secondary N) is 1. The predicted molar refractivity (Wildman–Crippen MR) is 108 cm³/mol. The van der Waals surface area contributed by atoms with Gasteiger partial charge in [0.15, 0.2) is 5.96 Å². The van der Waals surface area contributed by atoms with Crippen LogP contribution in [-0.2, 0) is 11.3 Å². The number of likely N-dealkylation sites (N-methyl/N-ethyl adjacent to an activating group) is 1. The van der Waals surface area contributed by atoms with Gasteiger partial charge in [-0.3, -0.25) is 0 Å². The van der Waals surface area contributed by atoms with Gasteiger partial charge in [0.25, 0.3) is 0 Å². The molecule has 1 aliphatic rings. The Morgan fingerprint density at radius 2 is 2.00 bits per heavy atom. The zero-order chi connectivity index (χ0) is 15.8. The highest BCUT2D eigenvalue weighted by Gasteiger charge is 2.21. The normalized spacial score (nSPS) is 14.3. The smallest absolute Gasteiger partial charge is 0.194 e. The molecule has 0 aromatic heterocycles. The first-order valence-corrected chi connectivity index (χ1v) is 8.31. The van der Waals surface area contributed by atoms with Gasteiger partial charge in [-0.15, -0.1) is 24.0 Å². The maximum Gasteiger partial charge on any atom is 0.194 e. The van der Waals surface area contributed by atoms with Crippen molar-refractivity contribution in [3.05, 3.63) is 35.4 Å². The SMILES string of the molecule is CCNC(=NCc1ccc(C)cc1)N(C)CCOCC1CC1.I. The van der Waals surface area contributed by atoms with Crippen molar-refractivity contribution in [2.24, 2.45) is 10.9 Å². The summed E-state index contributed by atoms with van der Waals surface area (Å²) in [5.74, 6) is 1.77. The number of hydrogen-bond donors (Lipinski definition) is 1. The lowest BCUT2D eigenvalue weighted by Gasteiger charge is -2.22. The molecule has 1 aromatic rings. The number of halogens is 1. The van der Waals surface area contributed by atoms with Crippen molar-refractivity contribution in [2.45, 2.75) is 33.2 Å². The van der Waals surface area contributed by atoms with Crippen molar-refractivity contribution < 1.29 is 4.74 Å². The van der Waals surface area contributed by atoms with E-state index in [1.165, 1.54) is 24.0 Å². The van der Waals surface area contributed by atoms with Crippen molar-refractivity contribution in [1.29, 1.82) is 0 Å². The maximum atomic E-state index is 5.71. The average Bonchev–Trinajstić information content (AvgIpc) is 3.33. The highest BCUT2D eigenvalue weighted by atomic mass is 127. The summed E-state index contributed by atoms with van der Waals surface area (Å²) >= 11 is 0. The summed E-state index contributed by atoms with van der Waals surface area (Å²) in [5, 5.41) is 3.35. The molecule has 1 aliphatic carbocycles. The van der Waals surface area contributed by atoms with Crippen LogP contribution in [0.3, 0.4) is 0 Å². The molecule has 1 fully saturated rings. The fourth-order valence-electron chi connectivity index (χ4n) is 2.17. The van der Waals surface area contributed by atoms with Crippen molar-refractivity contribution in [1.82, 2.24) is 10.2 Å². The summed E-state index contributed by atoms with van der Waals surface area (Å²) in [6.07, 6.45) is 2.69. The largest absolute Gasteiger partial charge is 0.379 e. The highest BCUT2D eigenvalue weighted by molar-refractivity contribution is 14.0. The molecule has 2 rings (SSSR count). The van der Waals surface area contributed by atoms with Crippen LogP contribution < -0.4 is 5.32 Å². The molecule has 0 heterocycles. The van der Waals surface area contributed by atoms with Gasteiger partial charge in [-0.05, 0) is 38.2 Å². The number of rotatable bonds is 8. The zero-order valence-electron chi connectivity index (χ0n) is 14.5. The molecule has 1 saturated carbocycles. The van der Waals surface area contributed by atoms with Crippen molar-refractivity contribution in [3.8, 4) is 0 Å². The van der Waals surface area contributed by atoms with Crippen LogP contribution in [0.25, 0.3) is 0 Å². The van der Waals surface area contributed by atoms with Crippen molar-refractivity contribution in [3.63, 3.8) is 0 Å². The van der Waals surface area contributed by atoms with E-state index in [2.05, 4.69) is 55.4 Å². The van der Waals surface area contributed by atoms with E-state index in [1.54, 1.807) is 0 Å². The molecule has 0 amide bonds. The van der Waals surface area contributed by atoms with Crippen molar-refractivity contribution >= 4 is 29.9 Å². The number of hydrogen-bond acceptors (Lipinski definition) is 2. The monoisotopic (exact) mass is 431 g/mol. The minimum atomic E-state index is 0. The highest BCUT2D eigenvalue weighted by Crippen LogP contribution is 2.28. The molecule has 5 heteroatoms. The summed E-state index contributed by atoms with van der Waals surface area (Å²) in [6, 6.07) is 8.54. The minimum absolute atomic E-state index is 0. The zero-order valence-corrected chi connectivity index (χ0v) is 16.9. The van der Waals surface area contributed by atoms with Gasteiger partial charge in [0.2, 0.25) is 0 Å². The second-order valence-electron chi connectivity index (χ2n) is 6.10. The third-order valence-corrected chi connectivity index (χ3v) is 3.85. The second kappa shape index (κ2) is 10.9. The van der Waals surface area contributed by atoms with E-state index >= 15 is 0 Å². The molecule has 1 aromatic carbocycles. The lowest BCUT2D eigenvalue weighted by atomic mass is 10.1. The molecule has 0 spiro atoms. The fourth-order valence-corrected chi connectivity index (χ4v) is 2.17.